The Balaban J connectivity index is 1.41. The summed E-state index contributed by atoms with van der Waals surface area (Å²) in [6, 6.07) is 16.8. The highest BCUT2D eigenvalue weighted by molar-refractivity contribution is 5.82. The average molecular weight is 376 g/mol. The Morgan fingerprint density at radius 3 is 2.46 bits per heavy atom. The van der Waals surface area contributed by atoms with Gasteiger partial charge >= 0.3 is 6.09 Å². The molecule has 0 saturated heterocycles. The lowest BCUT2D eigenvalue weighted by Gasteiger charge is -2.09. The molecule has 7 nitrogen and oxygen atoms in total. The summed E-state index contributed by atoms with van der Waals surface area (Å²) < 4.78 is 5.06. The number of hydrogen-bond donors (Lipinski definition) is 2. The number of pyridine rings is 2. The molecule has 0 radical (unpaired) electrons. The van der Waals surface area contributed by atoms with E-state index in [2.05, 4.69) is 20.6 Å². The molecule has 2 N–H and O–H groups in total. The van der Waals surface area contributed by atoms with E-state index in [-0.39, 0.29) is 19.1 Å². The number of benzene rings is 1. The number of aromatic nitrogens is 2. The molecule has 0 saturated carbocycles. The van der Waals surface area contributed by atoms with Crippen molar-refractivity contribution in [2.24, 2.45) is 0 Å². The summed E-state index contributed by atoms with van der Waals surface area (Å²) in [7, 11) is 0. The number of nitrogens with zero attached hydrogens (tertiary/aromatic N) is 2. The van der Waals surface area contributed by atoms with Crippen LogP contribution in [0.25, 0.3) is 11.3 Å². The quantitative estimate of drug-likeness (QED) is 0.661. The van der Waals surface area contributed by atoms with Crippen LogP contribution in [0, 0.1) is 0 Å². The summed E-state index contributed by atoms with van der Waals surface area (Å²) in [5.74, 6) is -0.307. The lowest BCUT2D eigenvalue weighted by molar-refractivity contribution is -0.120. The van der Waals surface area contributed by atoms with Crippen molar-refractivity contribution in [3.8, 4) is 11.3 Å². The van der Waals surface area contributed by atoms with Crippen molar-refractivity contribution < 1.29 is 14.3 Å². The van der Waals surface area contributed by atoms with E-state index in [0.717, 1.165) is 22.4 Å². The van der Waals surface area contributed by atoms with E-state index in [4.69, 9.17) is 4.74 Å². The van der Waals surface area contributed by atoms with Gasteiger partial charge in [0.25, 0.3) is 0 Å². The maximum atomic E-state index is 11.9. The normalized spacial score (nSPS) is 10.1. The minimum Gasteiger partial charge on any atom is -0.445 e. The zero-order valence-electron chi connectivity index (χ0n) is 15.2. The largest absolute Gasteiger partial charge is 0.445 e. The van der Waals surface area contributed by atoms with Gasteiger partial charge in [-0.25, -0.2) is 4.79 Å². The van der Waals surface area contributed by atoms with Crippen molar-refractivity contribution in [2.45, 2.75) is 13.2 Å². The summed E-state index contributed by atoms with van der Waals surface area (Å²) >= 11 is 0. The Kier molecular flexibility index (Phi) is 6.67. The molecule has 28 heavy (non-hydrogen) atoms. The molecule has 0 aliphatic carbocycles. The molecule has 2 amide bonds. The minimum atomic E-state index is -0.636. The first-order chi connectivity index (χ1) is 13.7. The Morgan fingerprint density at radius 2 is 1.68 bits per heavy atom. The van der Waals surface area contributed by atoms with E-state index in [1.54, 1.807) is 18.6 Å². The highest BCUT2D eigenvalue weighted by Gasteiger charge is 2.07. The molecule has 0 spiro atoms. The van der Waals surface area contributed by atoms with Gasteiger partial charge in [0.05, 0.1) is 5.69 Å². The van der Waals surface area contributed by atoms with Crippen LogP contribution in [0.4, 0.5) is 4.79 Å². The molecule has 0 fully saturated rings. The fourth-order valence-corrected chi connectivity index (χ4v) is 2.45. The van der Waals surface area contributed by atoms with Gasteiger partial charge < -0.3 is 15.4 Å². The van der Waals surface area contributed by atoms with Crippen molar-refractivity contribution in [2.75, 3.05) is 6.54 Å². The van der Waals surface area contributed by atoms with Crippen molar-refractivity contribution in [3.05, 3.63) is 84.3 Å². The molecule has 0 aliphatic rings. The first kappa shape index (κ1) is 19.0. The van der Waals surface area contributed by atoms with Gasteiger partial charge in [0, 0.05) is 30.7 Å². The van der Waals surface area contributed by atoms with Gasteiger partial charge in [0.2, 0.25) is 5.91 Å². The Bertz CT molecular complexity index is 917. The molecule has 1 aromatic carbocycles. The second kappa shape index (κ2) is 9.82. The van der Waals surface area contributed by atoms with Crippen LogP contribution in [-0.2, 0) is 22.7 Å². The topological polar surface area (TPSA) is 93.2 Å². The number of alkyl carbamates (subject to hydrolysis) is 1. The van der Waals surface area contributed by atoms with E-state index in [9.17, 15) is 9.59 Å². The van der Waals surface area contributed by atoms with Gasteiger partial charge in [-0.2, -0.15) is 0 Å². The molecular formula is C21H20N4O3. The summed E-state index contributed by atoms with van der Waals surface area (Å²) in [5.41, 5.74) is 3.54. The van der Waals surface area contributed by atoms with Crippen molar-refractivity contribution >= 4 is 12.0 Å². The molecule has 3 rings (SSSR count). The van der Waals surface area contributed by atoms with Crippen LogP contribution < -0.4 is 10.6 Å². The number of amides is 2. The van der Waals surface area contributed by atoms with Gasteiger partial charge in [-0.1, -0.05) is 30.3 Å². The fourth-order valence-electron chi connectivity index (χ4n) is 2.45. The highest BCUT2D eigenvalue weighted by atomic mass is 16.5. The molecule has 142 valence electrons. The first-order valence-corrected chi connectivity index (χ1v) is 8.77. The second-order valence-electron chi connectivity index (χ2n) is 5.98. The van der Waals surface area contributed by atoms with Crippen LogP contribution in [0.15, 0.2) is 73.2 Å². The van der Waals surface area contributed by atoms with E-state index < -0.39 is 6.09 Å². The summed E-state index contributed by atoms with van der Waals surface area (Å²) in [4.78, 5) is 31.9. The molecule has 0 unspecified atom stereocenters. The van der Waals surface area contributed by atoms with E-state index in [1.807, 2.05) is 54.6 Å². The maximum Gasteiger partial charge on any atom is 0.407 e. The van der Waals surface area contributed by atoms with Crippen LogP contribution >= 0.6 is 0 Å². The fraction of sp³-hybridized carbons (Fsp3) is 0.143. The van der Waals surface area contributed by atoms with Gasteiger partial charge in [0.1, 0.15) is 13.2 Å². The van der Waals surface area contributed by atoms with Gasteiger partial charge in [-0.15, -0.1) is 0 Å². The van der Waals surface area contributed by atoms with Gasteiger partial charge in [-0.05, 0) is 35.4 Å². The number of rotatable bonds is 7. The van der Waals surface area contributed by atoms with E-state index in [0.29, 0.717) is 6.54 Å². The Morgan fingerprint density at radius 1 is 0.893 bits per heavy atom. The molecule has 0 aliphatic heterocycles. The number of carbonyl (C=O) groups is 2. The zero-order valence-corrected chi connectivity index (χ0v) is 15.2. The van der Waals surface area contributed by atoms with Crippen molar-refractivity contribution in [1.82, 2.24) is 20.6 Å². The third-order valence-corrected chi connectivity index (χ3v) is 3.90. The third-order valence-electron chi connectivity index (χ3n) is 3.90. The van der Waals surface area contributed by atoms with Crippen LogP contribution in [-0.4, -0.2) is 28.5 Å². The smallest absolute Gasteiger partial charge is 0.407 e. The number of nitrogens with one attached hydrogen (secondary N) is 2. The third kappa shape index (κ3) is 5.91. The Hall–Kier alpha value is -3.74. The SMILES string of the molecule is O=C(CNC(=O)OCc1ccccc1)NCc1ccnc(-c2ccncc2)c1. The average Bonchev–Trinajstić information content (AvgIpc) is 2.76. The predicted octanol–water partition coefficient (Wildman–Crippen LogP) is 2.69. The number of carbonyl (C=O) groups excluding carboxylic acids is 2. The maximum absolute atomic E-state index is 11.9. The van der Waals surface area contributed by atoms with Crippen LogP contribution in [0.1, 0.15) is 11.1 Å². The van der Waals surface area contributed by atoms with Crippen molar-refractivity contribution in [1.29, 1.82) is 0 Å². The van der Waals surface area contributed by atoms with Gasteiger partial charge in [0.15, 0.2) is 0 Å². The lowest BCUT2D eigenvalue weighted by Crippen LogP contribution is -2.36. The predicted molar refractivity (Wildman–Crippen MR) is 104 cm³/mol. The van der Waals surface area contributed by atoms with Crippen LogP contribution in [0.3, 0.4) is 0 Å². The standard InChI is InChI=1S/C21H20N4O3/c26-20(14-25-21(27)28-15-16-4-2-1-3-5-16)24-13-17-6-11-23-19(12-17)18-7-9-22-10-8-18/h1-12H,13-15H2,(H,24,26)(H,25,27). The molecule has 0 bridgehead atoms. The van der Waals surface area contributed by atoms with E-state index >= 15 is 0 Å². The van der Waals surface area contributed by atoms with Crippen LogP contribution in [0.2, 0.25) is 0 Å². The summed E-state index contributed by atoms with van der Waals surface area (Å²) in [6.45, 7) is 0.333. The molecule has 3 aromatic rings. The molecular weight excluding hydrogens is 356 g/mol. The van der Waals surface area contributed by atoms with Crippen LogP contribution in [0.5, 0.6) is 0 Å². The second-order valence-corrected chi connectivity index (χ2v) is 5.98. The molecule has 2 heterocycles. The van der Waals surface area contributed by atoms with Gasteiger partial charge in [-0.3, -0.25) is 14.8 Å². The first-order valence-electron chi connectivity index (χ1n) is 8.77. The molecule has 2 aromatic heterocycles. The zero-order chi connectivity index (χ0) is 19.6. The van der Waals surface area contributed by atoms with Crippen molar-refractivity contribution in [3.63, 3.8) is 0 Å². The number of hydrogen-bond acceptors (Lipinski definition) is 5. The number of ether oxygens (including phenoxy) is 1. The monoisotopic (exact) mass is 376 g/mol. The molecule has 0 atom stereocenters. The Labute approximate surface area is 162 Å². The van der Waals surface area contributed by atoms with E-state index in [1.165, 1.54) is 0 Å². The summed E-state index contributed by atoms with van der Waals surface area (Å²) in [5, 5.41) is 5.19. The highest BCUT2D eigenvalue weighted by Crippen LogP contribution is 2.16. The molecule has 7 heteroatoms. The minimum absolute atomic E-state index is 0.156. The lowest BCUT2D eigenvalue weighted by atomic mass is 10.1. The summed E-state index contributed by atoms with van der Waals surface area (Å²) in [6.07, 6.45) is 4.46.